The summed E-state index contributed by atoms with van der Waals surface area (Å²) in [6.45, 7) is 5.15. The first-order valence-electron chi connectivity index (χ1n) is 9.00. The summed E-state index contributed by atoms with van der Waals surface area (Å²) in [5.74, 6) is -0.186. The number of benzene rings is 2. The Morgan fingerprint density at radius 2 is 1.96 bits per heavy atom. The highest BCUT2D eigenvalue weighted by atomic mass is 19.1. The monoisotopic (exact) mass is 334 g/mol. The molecule has 25 heavy (non-hydrogen) atoms. The number of H-pyrrole nitrogens is 1. The van der Waals surface area contributed by atoms with Crippen molar-refractivity contribution in [3.63, 3.8) is 0 Å². The molecule has 1 N–H and O–H groups in total. The highest BCUT2D eigenvalue weighted by Gasteiger charge is 2.19. The van der Waals surface area contributed by atoms with E-state index in [2.05, 4.69) is 53.2 Å². The maximum Gasteiger partial charge on any atom is 0.125 e. The van der Waals surface area contributed by atoms with Gasteiger partial charge in [0.25, 0.3) is 0 Å². The Bertz CT molecular complexity index is 908. The van der Waals surface area contributed by atoms with Crippen molar-refractivity contribution in [3.8, 4) is 0 Å². The summed E-state index contributed by atoms with van der Waals surface area (Å²) in [6.07, 6.45) is 4.30. The molecule has 4 rings (SSSR count). The Balaban J connectivity index is 1.60. The normalized spacial score (nSPS) is 15.5. The maximum absolute atomic E-state index is 13.5. The minimum atomic E-state index is -0.186. The third kappa shape index (κ3) is 3.24. The second kappa shape index (κ2) is 6.85. The van der Waals surface area contributed by atoms with Crippen LogP contribution >= 0.6 is 0 Å². The molecule has 3 aromatic rings. The largest absolute Gasteiger partial charge is 0.358 e. The number of halogens is 1. The minimum absolute atomic E-state index is 0.186. The van der Waals surface area contributed by atoms with Gasteiger partial charge in [0, 0.05) is 41.8 Å². The summed E-state index contributed by atoms with van der Waals surface area (Å²) < 4.78 is 13.5. The lowest BCUT2D eigenvalue weighted by atomic mass is 9.95. The Morgan fingerprint density at radius 3 is 2.68 bits per heavy atom. The van der Waals surface area contributed by atoms with Crippen LogP contribution in [0.1, 0.15) is 30.2 Å². The molecule has 3 heteroatoms. The van der Waals surface area contributed by atoms with Gasteiger partial charge in [-0.15, -0.1) is 0 Å². The highest BCUT2D eigenvalue weighted by molar-refractivity contribution is 5.94. The van der Waals surface area contributed by atoms with Gasteiger partial charge in [-0.1, -0.05) is 43.3 Å². The van der Waals surface area contributed by atoms with Crippen LogP contribution in [0.5, 0.6) is 0 Å². The molecule has 2 nitrogen and oxygen atoms in total. The fraction of sp³-hybridized carbons (Fsp3) is 0.273. The van der Waals surface area contributed by atoms with E-state index in [1.54, 1.807) is 12.1 Å². The van der Waals surface area contributed by atoms with Crippen LogP contribution in [-0.2, 0) is 13.0 Å². The van der Waals surface area contributed by atoms with Gasteiger partial charge < -0.3 is 4.98 Å². The van der Waals surface area contributed by atoms with Crippen molar-refractivity contribution in [2.24, 2.45) is 0 Å². The van der Waals surface area contributed by atoms with Gasteiger partial charge in [0.15, 0.2) is 0 Å². The van der Waals surface area contributed by atoms with Crippen molar-refractivity contribution in [1.82, 2.24) is 9.88 Å². The standard InChI is InChI=1S/C22H23FN2/c1-2-20-22(19-9-8-18(23)14-21(19)24-20)17-10-12-25(13-11-17)15-16-6-4-3-5-7-16/h3-10,14,24H,2,11-13,15H2,1H3. The Hall–Kier alpha value is -2.39. The average Bonchev–Trinajstić information content (AvgIpc) is 3.01. The molecular formula is C22H23FN2. The van der Waals surface area contributed by atoms with Gasteiger partial charge in [0.1, 0.15) is 5.82 Å². The number of hydrogen-bond donors (Lipinski definition) is 1. The molecule has 0 atom stereocenters. The molecule has 0 aliphatic carbocycles. The van der Waals surface area contributed by atoms with Crippen molar-refractivity contribution < 1.29 is 4.39 Å². The number of rotatable bonds is 4. The lowest BCUT2D eigenvalue weighted by Crippen LogP contribution is -2.28. The molecule has 1 aliphatic heterocycles. The van der Waals surface area contributed by atoms with E-state index < -0.39 is 0 Å². The van der Waals surface area contributed by atoms with E-state index in [1.165, 1.54) is 22.4 Å². The number of nitrogens with zero attached hydrogens (tertiary/aromatic N) is 1. The molecule has 1 aromatic heterocycles. The van der Waals surface area contributed by atoms with E-state index in [0.29, 0.717) is 0 Å². The number of hydrogen-bond acceptors (Lipinski definition) is 1. The average molecular weight is 334 g/mol. The number of aromatic amines is 1. The minimum Gasteiger partial charge on any atom is -0.358 e. The molecule has 0 saturated heterocycles. The molecule has 0 fully saturated rings. The molecule has 128 valence electrons. The number of aryl methyl sites for hydroxylation is 1. The Labute approximate surface area is 148 Å². The fourth-order valence-electron chi connectivity index (χ4n) is 3.78. The van der Waals surface area contributed by atoms with E-state index in [0.717, 1.165) is 43.4 Å². The van der Waals surface area contributed by atoms with Gasteiger partial charge in [-0.25, -0.2) is 4.39 Å². The summed E-state index contributed by atoms with van der Waals surface area (Å²) in [6, 6.07) is 15.7. The molecule has 2 heterocycles. The predicted molar refractivity (Wildman–Crippen MR) is 102 cm³/mol. The Morgan fingerprint density at radius 1 is 1.12 bits per heavy atom. The number of fused-ring (bicyclic) bond motifs is 1. The molecule has 1 aliphatic rings. The molecule has 0 amide bonds. The van der Waals surface area contributed by atoms with Crippen LogP contribution in [-0.4, -0.2) is 23.0 Å². The fourth-order valence-corrected chi connectivity index (χ4v) is 3.78. The predicted octanol–water partition coefficient (Wildman–Crippen LogP) is 5.16. The first-order valence-corrected chi connectivity index (χ1v) is 9.00. The molecule has 0 saturated carbocycles. The van der Waals surface area contributed by atoms with Crippen molar-refractivity contribution in [2.45, 2.75) is 26.3 Å². The number of nitrogens with one attached hydrogen (secondary N) is 1. The number of aromatic nitrogens is 1. The quantitative estimate of drug-likeness (QED) is 0.698. The van der Waals surface area contributed by atoms with Gasteiger partial charge in [-0.2, -0.15) is 0 Å². The second-order valence-electron chi connectivity index (χ2n) is 6.72. The summed E-state index contributed by atoms with van der Waals surface area (Å²) in [4.78, 5) is 5.88. The third-order valence-electron chi connectivity index (χ3n) is 5.06. The van der Waals surface area contributed by atoms with Crippen LogP contribution in [0.15, 0.2) is 54.6 Å². The van der Waals surface area contributed by atoms with Gasteiger partial charge >= 0.3 is 0 Å². The second-order valence-corrected chi connectivity index (χ2v) is 6.72. The third-order valence-corrected chi connectivity index (χ3v) is 5.06. The summed E-state index contributed by atoms with van der Waals surface area (Å²) in [5.41, 5.74) is 6.15. The first kappa shape index (κ1) is 16.1. The molecule has 0 spiro atoms. The SMILES string of the molecule is CCc1[nH]c2cc(F)ccc2c1C1=CCN(Cc2ccccc2)CC1. The zero-order valence-corrected chi connectivity index (χ0v) is 14.6. The van der Waals surface area contributed by atoms with E-state index in [4.69, 9.17) is 0 Å². The summed E-state index contributed by atoms with van der Waals surface area (Å²) in [7, 11) is 0. The zero-order chi connectivity index (χ0) is 17.2. The van der Waals surface area contributed by atoms with Crippen molar-refractivity contribution in [3.05, 3.63) is 77.2 Å². The zero-order valence-electron chi connectivity index (χ0n) is 14.6. The van der Waals surface area contributed by atoms with Crippen LogP contribution in [0, 0.1) is 5.82 Å². The highest BCUT2D eigenvalue weighted by Crippen LogP contribution is 2.33. The Kier molecular flexibility index (Phi) is 4.41. The molecule has 0 radical (unpaired) electrons. The van der Waals surface area contributed by atoms with Crippen LogP contribution < -0.4 is 0 Å². The lowest BCUT2D eigenvalue weighted by molar-refractivity contribution is 0.294. The molecule has 0 bridgehead atoms. The van der Waals surface area contributed by atoms with Gasteiger partial charge in [0.2, 0.25) is 0 Å². The molecule has 0 unspecified atom stereocenters. The first-order chi connectivity index (χ1) is 12.2. The van der Waals surface area contributed by atoms with E-state index in [1.807, 2.05) is 6.07 Å². The van der Waals surface area contributed by atoms with Crippen molar-refractivity contribution >= 4 is 16.5 Å². The molecular weight excluding hydrogens is 311 g/mol. The summed E-state index contributed by atoms with van der Waals surface area (Å²) >= 11 is 0. The van der Waals surface area contributed by atoms with E-state index in [-0.39, 0.29) is 5.82 Å². The van der Waals surface area contributed by atoms with Crippen molar-refractivity contribution in [2.75, 3.05) is 13.1 Å². The lowest BCUT2D eigenvalue weighted by Gasteiger charge is -2.26. The maximum atomic E-state index is 13.5. The van der Waals surface area contributed by atoms with Crippen LogP contribution in [0.3, 0.4) is 0 Å². The van der Waals surface area contributed by atoms with Crippen molar-refractivity contribution in [1.29, 1.82) is 0 Å². The van der Waals surface area contributed by atoms with Crippen LogP contribution in [0.25, 0.3) is 16.5 Å². The van der Waals surface area contributed by atoms with Gasteiger partial charge in [0.05, 0.1) is 0 Å². The summed E-state index contributed by atoms with van der Waals surface area (Å²) in [5, 5.41) is 1.14. The smallest absolute Gasteiger partial charge is 0.125 e. The van der Waals surface area contributed by atoms with Crippen LogP contribution in [0.2, 0.25) is 0 Å². The van der Waals surface area contributed by atoms with E-state index >= 15 is 0 Å². The van der Waals surface area contributed by atoms with Gasteiger partial charge in [-0.3, -0.25) is 4.90 Å². The van der Waals surface area contributed by atoms with Gasteiger partial charge in [-0.05, 0) is 42.2 Å². The van der Waals surface area contributed by atoms with E-state index in [9.17, 15) is 4.39 Å². The van der Waals surface area contributed by atoms with Crippen LogP contribution in [0.4, 0.5) is 4.39 Å². The topological polar surface area (TPSA) is 19.0 Å². The molecule has 2 aromatic carbocycles.